The van der Waals surface area contributed by atoms with Crippen molar-refractivity contribution in [2.75, 3.05) is 11.9 Å². The molecule has 1 fully saturated rings. The first-order valence-corrected chi connectivity index (χ1v) is 11.8. The van der Waals surface area contributed by atoms with Crippen molar-refractivity contribution in [3.63, 3.8) is 0 Å². The van der Waals surface area contributed by atoms with Gasteiger partial charge in [-0.15, -0.1) is 0 Å². The van der Waals surface area contributed by atoms with Crippen molar-refractivity contribution >= 4 is 21.6 Å². The number of benzene rings is 2. The Bertz CT molecular complexity index is 1180. The number of carbonyl (C=O) groups is 1. The maximum Gasteiger partial charge on any atom is 0.254 e. The van der Waals surface area contributed by atoms with E-state index in [0.29, 0.717) is 31.0 Å². The lowest BCUT2D eigenvalue weighted by Crippen LogP contribution is -2.29. The van der Waals surface area contributed by atoms with Crippen molar-refractivity contribution in [2.24, 2.45) is 0 Å². The molecule has 6 nitrogen and oxygen atoms in total. The highest BCUT2D eigenvalue weighted by Gasteiger charge is 2.32. The molecule has 0 radical (unpaired) electrons. The van der Waals surface area contributed by atoms with Gasteiger partial charge in [-0.1, -0.05) is 48.5 Å². The van der Waals surface area contributed by atoms with E-state index in [9.17, 15) is 13.2 Å². The second kappa shape index (κ2) is 8.69. The molecular formula is C24H26N2O4S. The van der Waals surface area contributed by atoms with Crippen molar-refractivity contribution in [1.29, 1.82) is 0 Å². The van der Waals surface area contributed by atoms with E-state index < -0.39 is 15.9 Å². The second-order valence-corrected chi connectivity index (χ2v) is 9.65. The minimum Gasteiger partial charge on any atom is -0.368 e. The van der Waals surface area contributed by atoms with Crippen LogP contribution in [0.4, 0.5) is 5.82 Å². The predicted octanol–water partition coefficient (Wildman–Crippen LogP) is 4.10. The van der Waals surface area contributed by atoms with Crippen molar-refractivity contribution in [2.45, 2.75) is 49.1 Å². The zero-order valence-corrected chi connectivity index (χ0v) is 18.5. The first kappa shape index (κ1) is 21.3. The molecule has 0 spiro atoms. The molecular weight excluding hydrogens is 412 g/mol. The molecule has 1 atom stereocenters. The van der Waals surface area contributed by atoms with Gasteiger partial charge in [-0.2, -0.15) is 0 Å². The van der Waals surface area contributed by atoms with E-state index in [1.54, 1.807) is 37.3 Å². The number of hydrogen-bond donors (Lipinski definition) is 1. The Hall–Kier alpha value is -2.90. The van der Waals surface area contributed by atoms with Gasteiger partial charge in [-0.3, -0.25) is 4.79 Å². The quantitative estimate of drug-likeness (QED) is 0.628. The molecule has 1 N–H and O–H groups in total. The Morgan fingerprint density at radius 1 is 1.06 bits per heavy atom. The van der Waals surface area contributed by atoms with Crippen molar-refractivity contribution in [1.82, 2.24) is 4.57 Å². The summed E-state index contributed by atoms with van der Waals surface area (Å²) in [6, 6.07) is 18.1. The summed E-state index contributed by atoms with van der Waals surface area (Å²) in [6.07, 6.45) is 0.883. The van der Waals surface area contributed by atoms with Gasteiger partial charge in [0.05, 0.1) is 4.90 Å². The van der Waals surface area contributed by atoms with Crippen LogP contribution in [0.3, 0.4) is 0 Å². The molecule has 162 valence electrons. The highest BCUT2D eigenvalue weighted by atomic mass is 32.2. The zero-order chi connectivity index (χ0) is 22.0. The number of amides is 1. The first-order valence-electron chi connectivity index (χ1n) is 10.4. The summed E-state index contributed by atoms with van der Waals surface area (Å²) in [6.45, 7) is 4.65. The topological polar surface area (TPSA) is 77.4 Å². The van der Waals surface area contributed by atoms with E-state index in [1.165, 1.54) is 0 Å². The van der Waals surface area contributed by atoms with Crippen LogP contribution >= 0.6 is 0 Å². The van der Waals surface area contributed by atoms with Gasteiger partial charge in [0.15, 0.2) is 0 Å². The fourth-order valence-corrected chi connectivity index (χ4v) is 5.67. The zero-order valence-electron chi connectivity index (χ0n) is 17.7. The van der Waals surface area contributed by atoms with Crippen LogP contribution in [0.2, 0.25) is 0 Å². The fourth-order valence-electron chi connectivity index (χ4n) is 3.95. The number of nitrogens with one attached hydrogen (secondary N) is 1. The fraction of sp³-hybridized carbons (Fsp3) is 0.292. The third-order valence-electron chi connectivity index (χ3n) is 5.74. The Balaban J connectivity index is 1.85. The predicted molar refractivity (Wildman–Crippen MR) is 119 cm³/mol. The number of aromatic nitrogens is 1. The maximum atomic E-state index is 13.6. The molecule has 4 rings (SSSR count). The van der Waals surface area contributed by atoms with Gasteiger partial charge in [0, 0.05) is 18.8 Å². The third-order valence-corrected chi connectivity index (χ3v) is 7.67. The Kier molecular flexibility index (Phi) is 5.98. The molecule has 2 aromatic carbocycles. The molecule has 2 heterocycles. The monoisotopic (exact) mass is 438 g/mol. The highest BCUT2D eigenvalue weighted by molar-refractivity contribution is 7.91. The molecule has 3 aromatic rings. The first-order chi connectivity index (χ1) is 14.9. The molecule has 1 amide bonds. The number of carbonyl (C=O) groups excluding carboxylic acids is 1. The minimum absolute atomic E-state index is 0.137. The number of rotatable bonds is 6. The van der Waals surface area contributed by atoms with E-state index >= 15 is 0 Å². The molecule has 1 aliphatic heterocycles. The summed E-state index contributed by atoms with van der Waals surface area (Å²) in [5, 5.41) is 2.90. The normalized spacial score (nSPS) is 16.4. The average Bonchev–Trinajstić information content (AvgIpc) is 3.39. The van der Waals surface area contributed by atoms with Gasteiger partial charge in [0.25, 0.3) is 5.91 Å². The largest absolute Gasteiger partial charge is 0.368 e. The highest BCUT2D eigenvalue weighted by Crippen LogP contribution is 2.36. The SMILES string of the molecule is Cc1c(S(=O)(=O)c2ccccc2)c(NC(=O)C2CCCO2)n(Cc2ccccc2)c1C. The van der Waals surface area contributed by atoms with Crippen LogP contribution in [0.1, 0.15) is 29.7 Å². The number of hydrogen-bond acceptors (Lipinski definition) is 4. The van der Waals surface area contributed by atoms with Crippen LogP contribution < -0.4 is 5.32 Å². The van der Waals surface area contributed by atoms with E-state index in [2.05, 4.69) is 5.32 Å². The van der Waals surface area contributed by atoms with Gasteiger partial charge in [0.2, 0.25) is 9.84 Å². The van der Waals surface area contributed by atoms with Crippen LogP contribution in [0, 0.1) is 13.8 Å². The van der Waals surface area contributed by atoms with Gasteiger partial charge in [-0.25, -0.2) is 8.42 Å². The van der Waals surface area contributed by atoms with Gasteiger partial charge in [0.1, 0.15) is 16.8 Å². The molecule has 1 saturated heterocycles. The molecule has 7 heteroatoms. The second-order valence-electron chi connectivity index (χ2n) is 7.77. The number of anilines is 1. The summed E-state index contributed by atoms with van der Waals surface area (Å²) in [5.41, 5.74) is 2.43. The Morgan fingerprint density at radius 2 is 1.71 bits per heavy atom. The number of ether oxygens (including phenoxy) is 1. The molecule has 0 bridgehead atoms. The number of nitrogens with zero attached hydrogens (tertiary/aromatic N) is 1. The molecule has 31 heavy (non-hydrogen) atoms. The van der Waals surface area contributed by atoms with Crippen molar-refractivity contribution in [3.8, 4) is 0 Å². The van der Waals surface area contributed by atoms with Crippen LogP contribution in [0.25, 0.3) is 0 Å². The van der Waals surface area contributed by atoms with Crippen LogP contribution in [-0.4, -0.2) is 31.6 Å². The van der Waals surface area contributed by atoms with Crippen LogP contribution in [-0.2, 0) is 25.9 Å². The summed E-state index contributed by atoms with van der Waals surface area (Å²) in [4.78, 5) is 13.2. The molecule has 0 aliphatic carbocycles. The smallest absolute Gasteiger partial charge is 0.254 e. The van der Waals surface area contributed by atoms with E-state index in [1.807, 2.05) is 41.8 Å². The lowest BCUT2D eigenvalue weighted by molar-refractivity contribution is -0.124. The lowest BCUT2D eigenvalue weighted by atomic mass is 10.2. The van der Waals surface area contributed by atoms with E-state index in [-0.39, 0.29) is 15.7 Å². The Labute approximate surface area is 182 Å². The number of sulfone groups is 1. The summed E-state index contributed by atoms with van der Waals surface area (Å²) < 4.78 is 34.6. The standard InChI is InChI=1S/C24H26N2O4S/c1-17-18(2)26(16-19-10-5-3-6-11-19)23(25-24(27)21-14-9-15-30-21)22(17)31(28,29)20-12-7-4-8-13-20/h3-8,10-13,21H,9,14-16H2,1-2H3,(H,25,27). The maximum absolute atomic E-state index is 13.6. The van der Waals surface area contributed by atoms with Gasteiger partial charge in [-0.05, 0) is 49.9 Å². The van der Waals surface area contributed by atoms with Gasteiger partial charge < -0.3 is 14.6 Å². The van der Waals surface area contributed by atoms with Crippen molar-refractivity contribution < 1.29 is 17.9 Å². The Morgan fingerprint density at radius 3 is 2.32 bits per heavy atom. The minimum atomic E-state index is -3.84. The summed E-state index contributed by atoms with van der Waals surface area (Å²) in [7, 11) is -3.84. The molecule has 1 aromatic heterocycles. The van der Waals surface area contributed by atoms with Crippen molar-refractivity contribution in [3.05, 3.63) is 77.5 Å². The molecule has 1 aliphatic rings. The molecule has 0 saturated carbocycles. The van der Waals surface area contributed by atoms with E-state index in [4.69, 9.17) is 4.74 Å². The van der Waals surface area contributed by atoms with E-state index in [0.717, 1.165) is 17.7 Å². The third kappa shape index (κ3) is 4.16. The van der Waals surface area contributed by atoms with Gasteiger partial charge >= 0.3 is 0 Å². The van der Waals surface area contributed by atoms with Crippen LogP contribution in [0.15, 0.2) is 70.5 Å². The average molecular weight is 439 g/mol. The summed E-state index contributed by atoms with van der Waals surface area (Å²) in [5.74, 6) is -0.0166. The van der Waals surface area contributed by atoms with Crippen LogP contribution in [0.5, 0.6) is 0 Å². The summed E-state index contributed by atoms with van der Waals surface area (Å²) >= 11 is 0. The molecule has 1 unspecified atom stereocenters. The lowest BCUT2D eigenvalue weighted by Gasteiger charge is -2.16.